The van der Waals surface area contributed by atoms with E-state index in [-0.39, 0.29) is 0 Å². The van der Waals surface area contributed by atoms with Gasteiger partial charge in [0.25, 0.3) is 0 Å². The van der Waals surface area contributed by atoms with Crippen LogP contribution in [0.4, 0.5) is 0 Å². The molecule has 3 aromatic rings. The second-order valence-corrected chi connectivity index (χ2v) is 5.87. The van der Waals surface area contributed by atoms with E-state index in [9.17, 15) is 5.11 Å². The van der Waals surface area contributed by atoms with Crippen molar-refractivity contribution < 1.29 is 5.11 Å². The number of fused-ring (bicyclic) bond motifs is 1. The normalized spacial score (nSPS) is 12.6. The van der Waals surface area contributed by atoms with Gasteiger partial charge in [-0.1, -0.05) is 64.5 Å². The lowest BCUT2D eigenvalue weighted by molar-refractivity contribution is 0.220. The summed E-state index contributed by atoms with van der Waals surface area (Å²) in [5, 5.41) is 12.9. The van der Waals surface area contributed by atoms with Crippen molar-refractivity contribution in [3.63, 3.8) is 0 Å². The van der Waals surface area contributed by atoms with Gasteiger partial charge in [0.1, 0.15) is 6.10 Å². The maximum atomic E-state index is 10.5. The van der Waals surface area contributed by atoms with E-state index >= 15 is 0 Å². The van der Waals surface area contributed by atoms with Crippen LogP contribution in [-0.2, 0) is 0 Å². The molecule has 0 bridgehead atoms. The Bertz CT molecular complexity index is 764. The van der Waals surface area contributed by atoms with Gasteiger partial charge in [0.15, 0.2) is 0 Å². The molecule has 0 heterocycles. The topological polar surface area (TPSA) is 20.2 Å². The van der Waals surface area contributed by atoms with Crippen LogP contribution >= 0.6 is 15.9 Å². The molecule has 1 atom stereocenters. The lowest BCUT2D eigenvalue weighted by atomic mass is 9.98. The summed E-state index contributed by atoms with van der Waals surface area (Å²) in [6.07, 6.45) is -0.600. The molecule has 100 valence electrons. The van der Waals surface area contributed by atoms with Crippen molar-refractivity contribution in [3.8, 4) is 0 Å². The number of halogens is 1. The highest BCUT2D eigenvalue weighted by atomic mass is 79.9. The predicted molar refractivity (Wildman–Crippen MR) is 86.9 cm³/mol. The first-order valence-corrected chi connectivity index (χ1v) is 7.37. The van der Waals surface area contributed by atoms with E-state index in [1.807, 2.05) is 49.4 Å². The zero-order valence-electron chi connectivity index (χ0n) is 11.2. The van der Waals surface area contributed by atoms with E-state index in [2.05, 4.69) is 34.1 Å². The summed E-state index contributed by atoms with van der Waals surface area (Å²) in [4.78, 5) is 0. The standard InChI is InChI=1S/C18H15BrO/c1-12-6-7-16(11-17(12)19)18(20)15-9-8-13-4-2-3-5-14(13)10-15/h2-11,18,20H,1H3. The summed E-state index contributed by atoms with van der Waals surface area (Å²) < 4.78 is 1.02. The molecule has 3 aromatic carbocycles. The third-order valence-corrected chi connectivity index (χ3v) is 4.46. The van der Waals surface area contributed by atoms with Crippen molar-refractivity contribution in [3.05, 3.63) is 81.8 Å². The molecule has 0 saturated heterocycles. The minimum atomic E-state index is -0.600. The fraction of sp³-hybridized carbons (Fsp3) is 0.111. The first-order chi connectivity index (χ1) is 9.65. The molecule has 20 heavy (non-hydrogen) atoms. The molecule has 1 N–H and O–H groups in total. The Labute approximate surface area is 127 Å². The van der Waals surface area contributed by atoms with E-state index in [4.69, 9.17) is 0 Å². The van der Waals surface area contributed by atoms with Crippen LogP contribution in [0.2, 0.25) is 0 Å². The van der Waals surface area contributed by atoms with Crippen LogP contribution in [0, 0.1) is 6.92 Å². The fourth-order valence-electron chi connectivity index (χ4n) is 2.35. The average Bonchev–Trinajstić information content (AvgIpc) is 2.49. The van der Waals surface area contributed by atoms with Crippen molar-refractivity contribution in [1.82, 2.24) is 0 Å². The van der Waals surface area contributed by atoms with E-state index in [1.165, 1.54) is 10.9 Å². The number of hydrogen-bond donors (Lipinski definition) is 1. The van der Waals surface area contributed by atoms with Crippen molar-refractivity contribution in [2.45, 2.75) is 13.0 Å². The molecule has 0 radical (unpaired) electrons. The van der Waals surface area contributed by atoms with Gasteiger partial charge in [-0.2, -0.15) is 0 Å². The Morgan fingerprint density at radius 3 is 2.25 bits per heavy atom. The van der Waals surface area contributed by atoms with Crippen LogP contribution in [0.25, 0.3) is 10.8 Å². The summed E-state index contributed by atoms with van der Waals surface area (Å²) in [5.41, 5.74) is 2.98. The highest BCUT2D eigenvalue weighted by Crippen LogP contribution is 2.28. The van der Waals surface area contributed by atoms with Gasteiger partial charge in [-0.25, -0.2) is 0 Å². The Morgan fingerprint density at radius 1 is 0.850 bits per heavy atom. The summed E-state index contributed by atoms with van der Waals surface area (Å²) in [5.74, 6) is 0. The number of aryl methyl sites for hydroxylation is 1. The molecule has 3 rings (SSSR count). The minimum absolute atomic E-state index is 0.600. The minimum Gasteiger partial charge on any atom is -0.384 e. The van der Waals surface area contributed by atoms with Crippen LogP contribution in [0.15, 0.2) is 65.1 Å². The zero-order valence-corrected chi connectivity index (χ0v) is 12.8. The molecule has 0 spiro atoms. The number of benzene rings is 3. The number of aliphatic hydroxyl groups excluding tert-OH is 1. The average molecular weight is 327 g/mol. The molecule has 0 aliphatic rings. The first-order valence-electron chi connectivity index (χ1n) is 6.58. The Morgan fingerprint density at radius 2 is 1.50 bits per heavy atom. The molecule has 0 aromatic heterocycles. The van der Waals surface area contributed by atoms with E-state index < -0.39 is 6.10 Å². The van der Waals surface area contributed by atoms with E-state index in [0.29, 0.717) is 0 Å². The summed E-state index contributed by atoms with van der Waals surface area (Å²) in [6, 6.07) is 20.2. The number of aliphatic hydroxyl groups is 1. The lowest BCUT2D eigenvalue weighted by Crippen LogP contribution is -2.00. The molecule has 0 aliphatic carbocycles. The summed E-state index contributed by atoms with van der Waals surface area (Å²) >= 11 is 3.52. The largest absolute Gasteiger partial charge is 0.384 e. The van der Waals surface area contributed by atoms with Crippen molar-refractivity contribution in [2.24, 2.45) is 0 Å². The van der Waals surface area contributed by atoms with Crippen LogP contribution in [0.1, 0.15) is 22.8 Å². The number of rotatable bonds is 2. The van der Waals surface area contributed by atoms with Crippen LogP contribution in [0.3, 0.4) is 0 Å². The highest BCUT2D eigenvalue weighted by Gasteiger charge is 2.11. The van der Waals surface area contributed by atoms with Gasteiger partial charge in [0.2, 0.25) is 0 Å². The molecule has 0 fully saturated rings. The molecular weight excluding hydrogens is 312 g/mol. The van der Waals surface area contributed by atoms with Gasteiger partial charge in [-0.15, -0.1) is 0 Å². The smallest absolute Gasteiger partial charge is 0.104 e. The molecule has 0 aliphatic heterocycles. The quantitative estimate of drug-likeness (QED) is 0.703. The Balaban J connectivity index is 2.02. The highest BCUT2D eigenvalue weighted by molar-refractivity contribution is 9.10. The van der Waals surface area contributed by atoms with Crippen molar-refractivity contribution in [2.75, 3.05) is 0 Å². The van der Waals surface area contributed by atoms with E-state index in [0.717, 1.165) is 21.0 Å². The van der Waals surface area contributed by atoms with Gasteiger partial charge in [-0.3, -0.25) is 0 Å². The first kappa shape index (κ1) is 13.3. The Hall–Kier alpha value is -1.64. The second kappa shape index (κ2) is 5.39. The maximum Gasteiger partial charge on any atom is 0.104 e. The van der Waals surface area contributed by atoms with Crippen LogP contribution in [0.5, 0.6) is 0 Å². The summed E-state index contributed by atoms with van der Waals surface area (Å²) in [7, 11) is 0. The predicted octanol–water partition coefficient (Wildman–Crippen LogP) is 4.99. The zero-order chi connectivity index (χ0) is 14.1. The monoisotopic (exact) mass is 326 g/mol. The van der Waals surface area contributed by atoms with Gasteiger partial charge in [-0.05, 0) is 46.5 Å². The molecular formula is C18H15BrO. The molecule has 2 heteroatoms. The maximum absolute atomic E-state index is 10.5. The molecule has 0 saturated carbocycles. The third-order valence-electron chi connectivity index (χ3n) is 3.60. The lowest BCUT2D eigenvalue weighted by Gasteiger charge is -2.13. The third kappa shape index (κ3) is 2.49. The van der Waals surface area contributed by atoms with Crippen molar-refractivity contribution in [1.29, 1.82) is 0 Å². The molecule has 1 nitrogen and oxygen atoms in total. The van der Waals surface area contributed by atoms with Crippen LogP contribution in [-0.4, -0.2) is 5.11 Å². The Kier molecular flexibility index (Phi) is 3.60. The fourth-order valence-corrected chi connectivity index (χ4v) is 2.75. The second-order valence-electron chi connectivity index (χ2n) is 5.02. The van der Waals surface area contributed by atoms with Gasteiger partial charge in [0.05, 0.1) is 0 Å². The van der Waals surface area contributed by atoms with Gasteiger partial charge in [0, 0.05) is 4.47 Å². The van der Waals surface area contributed by atoms with Gasteiger partial charge < -0.3 is 5.11 Å². The molecule has 1 unspecified atom stereocenters. The van der Waals surface area contributed by atoms with Crippen molar-refractivity contribution >= 4 is 26.7 Å². The molecule has 0 amide bonds. The SMILES string of the molecule is Cc1ccc(C(O)c2ccc3ccccc3c2)cc1Br. The number of hydrogen-bond acceptors (Lipinski definition) is 1. The van der Waals surface area contributed by atoms with E-state index in [1.54, 1.807) is 0 Å². The summed E-state index contributed by atoms with van der Waals surface area (Å²) in [6.45, 7) is 2.04. The van der Waals surface area contributed by atoms with Crippen LogP contribution < -0.4 is 0 Å². The van der Waals surface area contributed by atoms with Gasteiger partial charge >= 0.3 is 0 Å².